The molecule has 0 spiro atoms. The third-order valence-electron chi connectivity index (χ3n) is 12.1. The number of nitrogens with zero attached hydrogens (tertiary/aromatic N) is 2. The van der Waals surface area contributed by atoms with Gasteiger partial charge in [0, 0.05) is 26.1 Å². The van der Waals surface area contributed by atoms with E-state index < -0.39 is 15.9 Å². The van der Waals surface area contributed by atoms with Crippen molar-refractivity contribution in [1.82, 2.24) is 9.80 Å². The summed E-state index contributed by atoms with van der Waals surface area (Å²) in [7, 11) is -0.586. The van der Waals surface area contributed by atoms with Crippen LogP contribution in [0.5, 0.6) is 0 Å². The minimum absolute atomic E-state index is 0.0608. The molecule has 4 saturated carbocycles. The lowest BCUT2D eigenvalue weighted by Crippen LogP contribution is -2.58. The molecular weight excluding hydrogens is 516 g/mol. The van der Waals surface area contributed by atoms with Crippen LogP contribution in [0, 0.1) is 46.3 Å². The van der Waals surface area contributed by atoms with Crippen molar-refractivity contribution in [3.8, 4) is 0 Å². The fourth-order valence-corrected chi connectivity index (χ4v) is 10.2. The third-order valence-corrected chi connectivity index (χ3v) is 12.8. The third kappa shape index (κ3) is 6.37. The molecule has 10 atom stereocenters. The molecule has 1 amide bonds. The zero-order valence-electron chi connectivity index (χ0n) is 24.8. The Morgan fingerprint density at radius 3 is 2.38 bits per heavy atom. The van der Waals surface area contributed by atoms with Gasteiger partial charge in [-0.05, 0) is 118 Å². The van der Waals surface area contributed by atoms with Crippen molar-refractivity contribution in [2.24, 2.45) is 46.3 Å². The summed E-state index contributed by atoms with van der Waals surface area (Å²) >= 11 is 0. The van der Waals surface area contributed by atoms with E-state index in [1.807, 2.05) is 19.0 Å². The van der Waals surface area contributed by atoms with E-state index in [-0.39, 0.29) is 41.4 Å². The van der Waals surface area contributed by atoms with Crippen molar-refractivity contribution in [2.75, 3.05) is 39.5 Å². The van der Waals surface area contributed by atoms with Crippen LogP contribution in [-0.2, 0) is 14.9 Å². The predicted molar refractivity (Wildman–Crippen MR) is 151 cm³/mol. The van der Waals surface area contributed by atoms with Crippen molar-refractivity contribution in [1.29, 1.82) is 0 Å². The van der Waals surface area contributed by atoms with Gasteiger partial charge < -0.3 is 24.6 Å². The SMILES string of the molecule is C[C@H](CCC(=O)N(CCN(C)C)CCS(=O)(=O)[O-])[C@H]1CC[C@H]2[C@@H]3CC[C@@H]4C[C@H](O)CC[C@]4(C)[C@H]3C[C@H](O)[C@]12C. The Balaban J connectivity index is 1.41. The lowest BCUT2D eigenvalue weighted by molar-refractivity contribution is -0.175. The first kappa shape index (κ1) is 31.2. The summed E-state index contributed by atoms with van der Waals surface area (Å²) in [4.78, 5) is 16.6. The highest BCUT2D eigenvalue weighted by Gasteiger charge is 2.63. The van der Waals surface area contributed by atoms with E-state index in [1.165, 1.54) is 17.7 Å². The highest BCUT2D eigenvalue weighted by Crippen LogP contribution is 2.68. The van der Waals surface area contributed by atoms with Crippen molar-refractivity contribution in [2.45, 2.75) is 97.2 Å². The normalized spacial score (nSPS) is 41.0. The van der Waals surface area contributed by atoms with Gasteiger partial charge in [0.25, 0.3) is 0 Å². The van der Waals surface area contributed by atoms with Crippen LogP contribution in [-0.4, -0.2) is 90.6 Å². The molecule has 9 heteroatoms. The van der Waals surface area contributed by atoms with Gasteiger partial charge in [-0.3, -0.25) is 4.79 Å². The maximum Gasteiger partial charge on any atom is 0.222 e. The maximum atomic E-state index is 13.1. The van der Waals surface area contributed by atoms with E-state index >= 15 is 0 Å². The molecule has 226 valence electrons. The fraction of sp³-hybridized carbons (Fsp3) is 0.967. The minimum atomic E-state index is -4.39. The smallest absolute Gasteiger partial charge is 0.222 e. The van der Waals surface area contributed by atoms with Crippen molar-refractivity contribution < 1.29 is 28.0 Å². The number of carbonyl (C=O) groups excluding carboxylic acids is 1. The number of amides is 1. The van der Waals surface area contributed by atoms with Gasteiger partial charge >= 0.3 is 0 Å². The second-order valence-corrected chi connectivity index (χ2v) is 15.9. The van der Waals surface area contributed by atoms with E-state index in [0.717, 1.165) is 38.5 Å². The number of aliphatic hydroxyl groups is 2. The van der Waals surface area contributed by atoms with Gasteiger partial charge in [-0.1, -0.05) is 20.8 Å². The van der Waals surface area contributed by atoms with E-state index in [1.54, 1.807) is 0 Å². The molecule has 0 heterocycles. The van der Waals surface area contributed by atoms with Crippen LogP contribution in [0.15, 0.2) is 0 Å². The molecular formula is C30H53N2O6S-. The average molecular weight is 570 g/mol. The molecule has 0 unspecified atom stereocenters. The second kappa shape index (κ2) is 11.9. The molecule has 0 bridgehead atoms. The van der Waals surface area contributed by atoms with Crippen LogP contribution in [0.25, 0.3) is 0 Å². The summed E-state index contributed by atoms with van der Waals surface area (Å²) < 4.78 is 33.6. The van der Waals surface area contributed by atoms with E-state index in [2.05, 4.69) is 20.8 Å². The summed E-state index contributed by atoms with van der Waals surface area (Å²) in [5.41, 5.74) is 0.0659. The number of fused-ring (bicyclic) bond motifs is 5. The first-order chi connectivity index (χ1) is 18.2. The standard InChI is InChI=1S/C30H54N2O6S/c1-20(6-11-28(35)32(15-14-31(4)5)16-17-39(36,37)38)24-9-10-25-23-8-7-21-18-22(33)12-13-29(21,2)26(23)19-27(34)30(24,25)3/h20-27,33-34H,6-19H2,1-5H3,(H,36,37,38)/p-1/t20-,21-,22-,23+,24-,25+,26+,27+,29+,30-/m1/s1. The van der Waals surface area contributed by atoms with Gasteiger partial charge in [-0.25, -0.2) is 8.42 Å². The van der Waals surface area contributed by atoms with Gasteiger partial charge in [-0.15, -0.1) is 0 Å². The lowest BCUT2D eigenvalue weighted by Gasteiger charge is -2.62. The largest absolute Gasteiger partial charge is 0.748 e. The Labute approximate surface area is 236 Å². The summed E-state index contributed by atoms with van der Waals surface area (Å²) in [5.74, 6) is 2.18. The topological polar surface area (TPSA) is 121 Å². The van der Waals surface area contributed by atoms with E-state index in [9.17, 15) is 28.0 Å². The summed E-state index contributed by atoms with van der Waals surface area (Å²) in [6.45, 7) is 7.92. The lowest BCUT2D eigenvalue weighted by atomic mass is 9.43. The van der Waals surface area contributed by atoms with Crippen LogP contribution in [0.1, 0.15) is 85.0 Å². The number of rotatable bonds is 10. The average Bonchev–Trinajstić information content (AvgIpc) is 3.21. The van der Waals surface area contributed by atoms with Gasteiger partial charge in [0.2, 0.25) is 5.91 Å². The summed E-state index contributed by atoms with van der Waals surface area (Å²) in [6, 6.07) is 0. The highest BCUT2D eigenvalue weighted by atomic mass is 32.2. The Kier molecular flexibility index (Phi) is 9.49. The number of hydrogen-bond donors (Lipinski definition) is 2. The molecule has 0 radical (unpaired) electrons. The van der Waals surface area contributed by atoms with Gasteiger partial charge in [0.15, 0.2) is 0 Å². The van der Waals surface area contributed by atoms with Crippen molar-refractivity contribution in [3.63, 3.8) is 0 Å². The van der Waals surface area contributed by atoms with Gasteiger partial charge in [0.1, 0.15) is 0 Å². The van der Waals surface area contributed by atoms with Gasteiger partial charge in [0.05, 0.1) is 28.1 Å². The molecule has 0 aromatic heterocycles. The maximum absolute atomic E-state index is 13.1. The Bertz CT molecular complexity index is 974. The number of carbonyl (C=O) groups is 1. The molecule has 4 aliphatic carbocycles. The fourth-order valence-electron chi connectivity index (χ4n) is 9.77. The first-order valence-corrected chi connectivity index (χ1v) is 17.0. The predicted octanol–water partition coefficient (Wildman–Crippen LogP) is 3.33. The van der Waals surface area contributed by atoms with Crippen LogP contribution < -0.4 is 0 Å². The van der Waals surface area contributed by atoms with Crippen LogP contribution in [0.4, 0.5) is 0 Å². The number of likely N-dealkylation sites (N-methyl/N-ethyl adjacent to an activating group) is 1. The Morgan fingerprint density at radius 2 is 1.72 bits per heavy atom. The van der Waals surface area contributed by atoms with E-state index in [4.69, 9.17) is 0 Å². The number of aliphatic hydroxyl groups excluding tert-OH is 2. The van der Waals surface area contributed by atoms with Crippen LogP contribution >= 0.6 is 0 Å². The Morgan fingerprint density at radius 1 is 1.00 bits per heavy atom. The minimum Gasteiger partial charge on any atom is -0.748 e. The first-order valence-electron chi connectivity index (χ1n) is 15.4. The Hall–Kier alpha value is -0.740. The van der Waals surface area contributed by atoms with Crippen LogP contribution in [0.3, 0.4) is 0 Å². The van der Waals surface area contributed by atoms with Gasteiger partial charge in [-0.2, -0.15) is 0 Å². The molecule has 4 rings (SSSR count). The molecule has 0 aromatic rings. The molecule has 0 aliphatic heterocycles. The molecule has 2 N–H and O–H groups in total. The molecule has 4 aliphatic rings. The molecule has 39 heavy (non-hydrogen) atoms. The zero-order chi connectivity index (χ0) is 28.8. The van der Waals surface area contributed by atoms with Crippen molar-refractivity contribution in [3.05, 3.63) is 0 Å². The van der Waals surface area contributed by atoms with Crippen molar-refractivity contribution >= 4 is 16.0 Å². The van der Waals surface area contributed by atoms with E-state index in [0.29, 0.717) is 55.5 Å². The quantitative estimate of drug-likeness (QED) is 0.387. The summed E-state index contributed by atoms with van der Waals surface area (Å²) in [6.07, 6.45) is 8.83. The molecule has 8 nitrogen and oxygen atoms in total. The molecule has 4 fully saturated rings. The highest BCUT2D eigenvalue weighted by molar-refractivity contribution is 7.85. The summed E-state index contributed by atoms with van der Waals surface area (Å²) in [5, 5.41) is 22.1. The van der Waals surface area contributed by atoms with Crippen LogP contribution in [0.2, 0.25) is 0 Å². The molecule has 0 aromatic carbocycles. The molecule has 0 saturated heterocycles. The second-order valence-electron chi connectivity index (χ2n) is 14.3. The number of hydrogen-bond acceptors (Lipinski definition) is 7. The monoisotopic (exact) mass is 569 g/mol. The zero-order valence-corrected chi connectivity index (χ0v) is 25.7.